The van der Waals surface area contributed by atoms with Crippen molar-refractivity contribution in [2.45, 2.75) is 45.1 Å². The normalized spacial score (nSPS) is 18.0. The van der Waals surface area contributed by atoms with Crippen LogP contribution in [0, 0.1) is 5.41 Å². The smallest absolute Gasteiger partial charge is 0.206 e. The maximum Gasteiger partial charge on any atom is 0.206 e. The second-order valence-corrected chi connectivity index (χ2v) is 6.73. The Morgan fingerprint density at radius 1 is 1.19 bits per heavy atom. The Kier molecular flexibility index (Phi) is 6.12. The lowest BCUT2D eigenvalue weighted by molar-refractivity contribution is 0.105. The predicted octanol–water partition coefficient (Wildman–Crippen LogP) is 4.31. The van der Waals surface area contributed by atoms with Crippen LogP contribution >= 0.6 is 15.9 Å². The van der Waals surface area contributed by atoms with Crippen LogP contribution in [0.2, 0.25) is 0 Å². The molecule has 1 aromatic rings. The first-order chi connectivity index (χ1) is 10.1. The fourth-order valence-corrected chi connectivity index (χ4v) is 3.09. The summed E-state index contributed by atoms with van der Waals surface area (Å²) < 4.78 is 0.948. The lowest BCUT2D eigenvalue weighted by atomic mass is 10.0. The molecule has 3 nitrogen and oxygen atoms in total. The molecular formula is C17H23BrN2O. The van der Waals surface area contributed by atoms with Crippen LogP contribution in [0.5, 0.6) is 0 Å². The predicted molar refractivity (Wildman–Crippen MR) is 90.3 cm³/mol. The van der Waals surface area contributed by atoms with E-state index in [2.05, 4.69) is 27.8 Å². The molecule has 4 heteroatoms. The highest BCUT2D eigenvalue weighted by Gasteiger charge is 2.20. The largest absolute Gasteiger partial charge is 0.301 e. The summed E-state index contributed by atoms with van der Waals surface area (Å²) in [6.45, 7) is 4.33. The summed E-state index contributed by atoms with van der Waals surface area (Å²) in [6.07, 6.45) is 5.61. The molecule has 0 bridgehead atoms. The summed E-state index contributed by atoms with van der Waals surface area (Å²) in [5.74, 6) is -0.149. The lowest BCUT2D eigenvalue weighted by Gasteiger charge is -2.27. The van der Waals surface area contributed by atoms with Crippen LogP contribution in [-0.4, -0.2) is 35.5 Å². The first-order valence-corrected chi connectivity index (χ1v) is 8.49. The molecule has 0 unspecified atom stereocenters. The zero-order chi connectivity index (χ0) is 15.2. The maximum absolute atomic E-state index is 12.3. The molecule has 0 saturated carbocycles. The number of carbonyl (C=O) groups excluding carboxylic acids is 1. The number of ketones is 1. The number of halogens is 1. The topological polar surface area (TPSA) is 44.2 Å². The Balaban J connectivity index is 1.93. The van der Waals surface area contributed by atoms with Gasteiger partial charge >= 0.3 is 0 Å². The van der Waals surface area contributed by atoms with Gasteiger partial charge in [0, 0.05) is 22.5 Å². The van der Waals surface area contributed by atoms with Gasteiger partial charge in [0.05, 0.1) is 5.71 Å². The zero-order valence-electron chi connectivity index (χ0n) is 12.6. The fourth-order valence-electron chi connectivity index (χ4n) is 2.83. The van der Waals surface area contributed by atoms with Crippen molar-refractivity contribution in [1.82, 2.24) is 4.90 Å². The number of hydrogen-bond acceptors (Lipinski definition) is 3. The number of nitrogens with one attached hydrogen (secondary N) is 1. The molecule has 2 rings (SSSR count). The van der Waals surface area contributed by atoms with Gasteiger partial charge in [-0.1, -0.05) is 28.8 Å². The van der Waals surface area contributed by atoms with Gasteiger partial charge in [0.15, 0.2) is 0 Å². The quantitative estimate of drug-likeness (QED) is 0.635. The molecule has 1 aliphatic heterocycles. The second kappa shape index (κ2) is 7.85. The van der Waals surface area contributed by atoms with Crippen LogP contribution in [0.1, 0.15) is 49.4 Å². The number of likely N-dealkylation sites (tertiary alicyclic amines) is 1. The van der Waals surface area contributed by atoms with E-state index in [0.29, 0.717) is 12.0 Å². The number of carbonyl (C=O) groups is 1. The molecule has 21 heavy (non-hydrogen) atoms. The third-order valence-electron chi connectivity index (χ3n) is 4.14. The third kappa shape index (κ3) is 4.75. The van der Waals surface area contributed by atoms with E-state index in [1.54, 1.807) is 12.1 Å². The van der Waals surface area contributed by atoms with Gasteiger partial charge in [-0.05, 0) is 57.1 Å². The average Bonchev–Trinajstić information content (AvgIpc) is 2.76. The van der Waals surface area contributed by atoms with Gasteiger partial charge in [0.25, 0.3) is 0 Å². The number of hydrogen-bond donors (Lipinski definition) is 1. The van der Waals surface area contributed by atoms with Crippen LogP contribution in [-0.2, 0) is 0 Å². The molecule has 1 aliphatic rings. The average molecular weight is 351 g/mol. The van der Waals surface area contributed by atoms with E-state index in [4.69, 9.17) is 5.41 Å². The zero-order valence-corrected chi connectivity index (χ0v) is 14.2. The van der Waals surface area contributed by atoms with Crippen molar-refractivity contribution in [3.8, 4) is 0 Å². The molecular weight excluding hydrogens is 328 g/mol. The van der Waals surface area contributed by atoms with Crippen molar-refractivity contribution in [2.75, 3.05) is 13.1 Å². The van der Waals surface area contributed by atoms with Crippen LogP contribution in [0.3, 0.4) is 0 Å². The van der Waals surface area contributed by atoms with E-state index in [0.717, 1.165) is 17.6 Å². The Labute approximate surface area is 135 Å². The molecule has 1 atom stereocenters. The van der Waals surface area contributed by atoms with Gasteiger partial charge in [-0.25, -0.2) is 0 Å². The van der Waals surface area contributed by atoms with Crippen molar-refractivity contribution in [1.29, 1.82) is 5.41 Å². The van der Waals surface area contributed by atoms with Gasteiger partial charge in [-0.2, -0.15) is 0 Å². The van der Waals surface area contributed by atoms with Crippen LogP contribution in [0.4, 0.5) is 0 Å². The third-order valence-corrected chi connectivity index (χ3v) is 4.67. The summed E-state index contributed by atoms with van der Waals surface area (Å²) in [5, 5.41) is 8.10. The van der Waals surface area contributed by atoms with Gasteiger partial charge in [-0.3, -0.25) is 4.79 Å². The van der Waals surface area contributed by atoms with Gasteiger partial charge in [0.1, 0.15) is 0 Å². The lowest BCUT2D eigenvalue weighted by Crippen LogP contribution is -2.36. The minimum Gasteiger partial charge on any atom is -0.301 e. The van der Waals surface area contributed by atoms with Gasteiger partial charge in [0.2, 0.25) is 5.78 Å². The number of benzene rings is 1. The monoisotopic (exact) mass is 350 g/mol. The van der Waals surface area contributed by atoms with Crippen LogP contribution in [0.25, 0.3) is 0 Å². The molecule has 1 aromatic carbocycles. The number of Topliss-reactive ketones (excluding diaryl/α,β-unsaturated/α-hetero) is 1. The summed E-state index contributed by atoms with van der Waals surface area (Å²) in [7, 11) is 0. The Morgan fingerprint density at radius 3 is 2.33 bits per heavy atom. The summed E-state index contributed by atoms with van der Waals surface area (Å²) in [6, 6.07) is 7.52. The molecule has 114 valence electrons. The molecule has 1 N–H and O–H groups in total. The van der Waals surface area contributed by atoms with E-state index < -0.39 is 0 Å². The molecule has 1 saturated heterocycles. The molecule has 0 aliphatic carbocycles. The standard InChI is InChI=1S/C17H23BrN2O/c1-13(20-10-4-2-3-5-11-20)12-16(19)17(21)14-6-8-15(18)9-7-14/h6-9,13,19H,2-5,10-12H2,1H3/t13-/m0/s1. The number of nitrogens with zero attached hydrogens (tertiary/aromatic N) is 1. The Bertz CT molecular complexity index is 490. The van der Waals surface area contributed by atoms with Crippen LogP contribution in [0.15, 0.2) is 28.7 Å². The van der Waals surface area contributed by atoms with E-state index in [-0.39, 0.29) is 17.5 Å². The first-order valence-electron chi connectivity index (χ1n) is 7.69. The van der Waals surface area contributed by atoms with Gasteiger partial charge in [-0.15, -0.1) is 0 Å². The molecule has 0 amide bonds. The Morgan fingerprint density at radius 2 is 1.76 bits per heavy atom. The van der Waals surface area contributed by atoms with E-state index in [9.17, 15) is 4.79 Å². The molecule has 1 heterocycles. The van der Waals surface area contributed by atoms with Crippen molar-refractivity contribution in [2.24, 2.45) is 0 Å². The highest BCUT2D eigenvalue weighted by atomic mass is 79.9. The summed E-state index contributed by atoms with van der Waals surface area (Å²) >= 11 is 3.36. The molecule has 0 aromatic heterocycles. The maximum atomic E-state index is 12.3. The SMILES string of the molecule is C[C@@H](CC(=N)C(=O)c1ccc(Br)cc1)N1CCCCCC1. The minimum atomic E-state index is -0.149. The molecule has 0 radical (unpaired) electrons. The van der Waals surface area contributed by atoms with E-state index in [1.165, 1.54) is 25.7 Å². The number of rotatable bonds is 5. The van der Waals surface area contributed by atoms with Crippen LogP contribution < -0.4 is 0 Å². The minimum absolute atomic E-state index is 0.149. The Hall–Kier alpha value is -1.00. The van der Waals surface area contributed by atoms with Crippen molar-refractivity contribution < 1.29 is 4.79 Å². The highest BCUT2D eigenvalue weighted by Crippen LogP contribution is 2.16. The van der Waals surface area contributed by atoms with Crippen molar-refractivity contribution >= 4 is 27.4 Å². The summed E-state index contributed by atoms with van der Waals surface area (Å²) in [4.78, 5) is 14.7. The fraction of sp³-hybridized carbons (Fsp3) is 0.529. The van der Waals surface area contributed by atoms with Gasteiger partial charge < -0.3 is 10.3 Å². The molecule has 0 spiro atoms. The van der Waals surface area contributed by atoms with E-state index >= 15 is 0 Å². The summed E-state index contributed by atoms with van der Waals surface area (Å²) in [5.41, 5.74) is 0.820. The first kappa shape index (κ1) is 16.4. The highest BCUT2D eigenvalue weighted by molar-refractivity contribution is 9.10. The van der Waals surface area contributed by atoms with Crippen molar-refractivity contribution in [3.05, 3.63) is 34.3 Å². The molecule has 1 fully saturated rings. The van der Waals surface area contributed by atoms with Crippen molar-refractivity contribution in [3.63, 3.8) is 0 Å². The van der Waals surface area contributed by atoms with E-state index in [1.807, 2.05) is 12.1 Å². The second-order valence-electron chi connectivity index (χ2n) is 5.82.